The fraction of sp³-hybridized carbons (Fsp3) is 0.0536. The van der Waals surface area contributed by atoms with E-state index in [-0.39, 0.29) is 6.04 Å². The number of nitrogens with zero attached hydrogens (tertiary/aromatic N) is 4. The van der Waals surface area contributed by atoms with Crippen molar-refractivity contribution < 1.29 is 0 Å². The smallest absolute Gasteiger partial charge is 0.164 e. The van der Waals surface area contributed by atoms with Crippen LogP contribution < -0.4 is 4.90 Å². The van der Waals surface area contributed by atoms with Gasteiger partial charge in [0.05, 0.1) is 6.04 Å². The molecule has 60 heavy (non-hydrogen) atoms. The van der Waals surface area contributed by atoms with Crippen molar-refractivity contribution in [3.05, 3.63) is 229 Å². The molecule has 1 unspecified atom stereocenters. The molecule has 0 radical (unpaired) electrons. The van der Waals surface area contributed by atoms with Crippen LogP contribution >= 0.6 is 0 Å². The van der Waals surface area contributed by atoms with Gasteiger partial charge in [-0.15, -0.1) is 0 Å². The van der Waals surface area contributed by atoms with Crippen LogP contribution in [0.1, 0.15) is 17.5 Å². The van der Waals surface area contributed by atoms with Crippen LogP contribution in [0.2, 0.25) is 0 Å². The van der Waals surface area contributed by atoms with E-state index in [4.69, 9.17) is 15.0 Å². The standard InChI is InChI=1S/C56H40N4/c1-4-14-38(15-5-1)40-26-30-46(31-27-40)60(47-32-28-41(29-33-47)39-16-6-2-7-17-39)48-34-35-50-45(37-48)36-44-22-13-25-52(53(44)50)56-58-54(43-19-8-3-9-20-43)57-55(59-56)51-24-12-21-42-18-10-11-23-49(42)51/h1-35,48H,36-37H2. The lowest BCUT2D eigenvalue weighted by atomic mass is 9.91. The van der Waals surface area contributed by atoms with Crippen molar-refractivity contribution >= 4 is 27.7 Å². The molecule has 2 aliphatic carbocycles. The summed E-state index contributed by atoms with van der Waals surface area (Å²) in [5.41, 5.74) is 15.4. The molecule has 2 aliphatic rings. The third kappa shape index (κ3) is 6.58. The highest BCUT2D eigenvalue weighted by molar-refractivity contribution is 5.96. The summed E-state index contributed by atoms with van der Waals surface area (Å²) in [6.45, 7) is 0. The second-order valence-electron chi connectivity index (χ2n) is 15.6. The first-order valence-corrected chi connectivity index (χ1v) is 20.7. The summed E-state index contributed by atoms with van der Waals surface area (Å²) in [6.07, 6.45) is 6.53. The van der Waals surface area contributed by atoms with Gasteiger partial charge in [0.1, 0.15) is 0 Å². The predicted molar refractivity (Wildman–Crippen MR) is 248 cm³/mol. The van der Waals surface area contributed by atoms with Crippen LogP contribution in [0.4, 0.5) is 11.4 Å². The predicted octanol–water partition coefficient (Wildman–Crippen LogP) is 13.8. The average Bonchev–Trinajstić information content (AvgIpc) is 3.71. The quantitative estimate of drug-likeness (QED) is 0.154. The van der Waals surface area contributed by atoms with E-state index < -0.39 is 0 Å². The van der Waals surface area contributed by atoms with Gasteiger partial charge in [-0.25, -0.2) is 15.0 Å². The van der Waals surface area contributed by atoms with Crippen LogP contribution in [0, 0.1) is 0 Å². The minimum atomic E-state index is 0.117. The Kier molecular flexibility index (Phi) is 9.01. The normalized spacial score (nSPS) is 14.2. The summed E-state index contributed by atoms with van der Waals surface area (Å²) in [6, 6.07) is 71.0. The van der Waals surface area contributed by atoms with Crippen molar-refractivity contribution in [2.45, 2.75) is 18.9 Å². The van der Waals surface area contributed by atoms with Crippen LogP contribution in [0.5, 0.6) is 0 Å². The van der Waals surface area contributed by atoms with Gasteiger partial charge in [-0.05, 0) is 86.8 Å². The Labute approximate surface area is 350 Å². The molecule has 4 heteroatoms. The SMILES string of the molecule is C1=CC(N(c2ccc(-c3ccccc3)cc2)c2ccc(-c3ccccc3)cc2)CC2=C1c1c(cccc1-c1nc(-c3ccccc3)nc(-c3cccc4ccccc34)n1)C2. The van der Waals surface area contributed by atoms with Gasteiger partial charge in [0.2, 0.25) is 0 Å². The van der Waals surface area contributed by atoms with Gasteiger partial charge in [-0.2, -0.15) is 0 Å². The molecule has 0 aliphatic heterocycles. The largest absolute Gasteiger partial charge is 0.334 e. The van der Waals surface area contributed by atoms with Gasteiger partial charge in [0, 0.05) is 28.1 Å². The number of fused-ring (bicyclic) bond motifs is 3. The number of allylic oxidation sites excluding steroid dienone is 2. The van der Waals surface area contributed by atoms with Crippen molar-refractivity contribution in [3.63, 3.8) is 0 Å². The maximum Gasteiger partial charge on any atom is 0.164 e. The molecular formula is C56H40N4. The third-order valence-corrected chi connectivity index (χ3v) is 11.9. The van der Waals surface area contributed by atoms with Gasteiger partial charge in [-0.3, -0.25) is 0 Å². The van der Waals surface area contributed by atoms with Gasteiger partial charge >= 0.3 is 0 Å². The zero-order valence-electron chi connectivity index (χ0n) is 33.0. The molecule has 1 atom stereocenters. The number of hydrogen-bond donors (Lipinski definition) is 0. The molecule has 1 heterocycles. The van der Waals surface area contributed by atoms with Gasteiger partial charge in [0.15, 0.2) is 17.5 Å². The summed E-state index contributed by atoms with van der Waals surface area (Å²) < 4.78 is 0. The summed E-state index contributed by atoms with van der Waals surface area (Å²) in [5, 5.41) is 2.28. The molecule has 0 bridgehead atoms. The Morgan fingerprint density at radius 2 is 0.917 bits per heavy atom. The number of benzene rings is 8. The average molecular weight is 769 g/mol. The first-order valence-electron chi connectivity index (χ1n) is 20.7. The molecule has 1 aromatic heterocycles. The Bertz CT molecular complexity index is 2970. The number of aromatic nitrogens is 3. The highest BCUT2D eigenvalue weighted by Gasteiger charge is 2.31. The molecule has 4 nitrogen and oxygen atoms in total. The lowest BCUT2D eigenvalue weighted by Gasteiger charge is -2.34. The fourth-order valence-electron chi connectivity index (χ4n) is 9.02. The van der Waals surface area contributed by atoms with Crippen LogP contribution in [0.15, 0.2) is 218 Å². The molecule has 0 fully saturated rings. The Hall–Kier alpha value is -7.69. The summed E-state index contributed by atoms with van der Waals surface area (Å²) >= 11 is 0. The maximum absolute atomic E-state index is 5.27. The zero-order valence-corrected chi connectivity index (χ0v) is 33.0. The third-order valence-electron chi connectivity index (χ3n) is 11.9. The van der Waals surface area contributed by atoms with Crippen molar-refractivity contribution in [1.82, 2.24) is 15.0 Å². The fourth-order valence-corrected chi connectivity index (χ4v) is 9.02. The number of hydrogen-bond acceptors (Lipinski definition) is 4. The van der Waals surface area contributed by atoms with E-state index in [0.717, 1.165) is 51.7 Å². The minimum absolute atomic E-state index is 0.117. The van der Waals surface area contributed by atoms with Crippen LogP contribution in [0.25, 0.3) is 72.8 Å². The minimum Gasteiger partial charge on any atom is -0.334 e. The second-order valence-corrected chi connectivity index (χ2v) is 15.6. The van der Waals surface area contributed by atoms with E-state index in [0.29, 0.717) is 17.5 Å². The summed E-state index contributed by atoms with van der Waals surface area (Å²) in [5.74, 6) is 2.03. The molecule has 0 spiro atoms. The number of anilines is 2. The van der Waals surface area contributed by atoms with E-state index in [1.165, 1.54) is 44.5 Å². The lowest BCUT2D eigenvalue weighted by molar-refractivity contribution is 0.751. The lowest BCUT2D eigenvalue weighted by Crippen LogP contribution is -2.31. The van der Waals surface area contributed by atoms with E-state index in [1.54, 1.807) is 0 Å². The first kappa shape index (κ1) is 35.5. The highest BCUT2D eigenvalue weighted by Crippen LogP contribution is 2.46. The second kappa shape index (κ2) is 15.2. The van der Waals surface area contributed by atoms with E-state index in [2.05, 4.69) is 199 Å². The Morgan fingerprint density at radius 1 is 0.417 bits per heavy atom. The highest BCUT2D eigenvalue weighted by atomic mass is 15.2. The van der Waals surface area contributed by atoms with Crippen LogP contribution in [-0.2, 0) is 6.42 Å². The molecule has 0 saturated heterocycles. The molecule has 284 valence electrons. The van der Waals surface area contributed by atoms with Crippen molar-refractivity contribution in [2.75, 3.05) is 4.90 Å². The van der Waals surface area contributed by atoms with E-state index in [1.807, 2.05) is 18.2 Å². The van der Waals surface area contributed by atoms with Crippen LogP contribution in [-0.4, -0.2) is 21.0 Å². The van der Waals surface area contributed by atoms with Gasteiger partial charge in [0.25, 0.3) is 0 Å². The summed E-state index contributed by atoms with van der Waals surface area (Å²) in [4.78, 5) is 18.1. The van der Waals surface area contributed by atoms with Crippen molar-refractivity contribution in [1.29, 1.82) is 0 Å². The van der Waals surface area contributed by atoms with E-state index in [9.17, 15) is 0 Å². The topological polar surface area (TPSA) is 41.9 Å². The molecule has 9 aromatic rings. The molecule has 0 N–H and O–H groups in total. The van der Waals surface area contributed by atoms with E-state index >= 15 is 0 Å². The monoisotopic (exact) mass is 768 g/mol. The Morgan fingerprint density at radius 3 is 1.57 bits per heavy atom. The van der Waals surface area contributed by atoms with Crippen LogP contribution in [0.3, 0.4) is 0 Å². The van der Waals surface area contributed by atoms with Gasteiger partial charge < -0.3 is 4.90 Å². The molecule has 0 amide bonds. The maximum atomic E-state index is 5.27. The molecule has 11 rings (SSSR count). The zero-order chi connectivity index (χ0) is 39.8. The molecule has 0 saturated carbocycles. The first-order chi connectivity index (χ1) is 29.7. The summed E-state index contributed by atoms with van der Waals surface area (Å²) in [7, 11) is 0. The number of rotatable bonds is 8. The van der Waals surface area contributed by atoms with Crippen molar-refractivity contribution in [3.8, 4) is 56.4 Å². The molecular weight excluding hydrogens is 729 g/mol. The molecule has 8 aromatic carbocycles. The van der Waals surface area contributed by atoms with Crippen molar-refractivity contribution in [2.24, 2.45) is 0 Å². The Balaban J connectivity index is 0.981. The van der Waals surface area contributed by atoms with Gasteiger partial charge in [-0.1, -0.05) is 194 Å².